The van der Waals surface area contributed by atoms with Crippen LogP contribution in [-0.2, 0) is 0 Å². The van der Waals surface area contributed by atoms with Crippen LogP contribution in [0.25, 0.3) is 0 Å². The number of pyridine rings is 1. The fourth-order valence-corrected chi connectivity index (χ4v) is 2.01. The van der Waals surface area contributed by atoms with Crippen LogP contribution >= 0.6 is 23.2 Å². The molecule has 0 aromatic carbocycles. The fourth-order valence-electron chi connectivity index (χ4n) is 1.57. The van der Waals surface area contributed by atoms with Gasteiger partial charge < -0.3 is 5.32 Å². The van der Waals surface area contributed by atoms with Gasteiger partial charge in [-0.1, -0.05) is 36.5 Å². The normalized spacial score (nSPS) is 24.8. The summed E-state index contributed by atoms with van der Waals surface area (Å²) in [6.45, 7) is 2.20. The van der Waals surface area contributed by atoms with Crippen molar-refractivity contribution in [1.29, 1.82) is 0 Å². The molecule has 2 rings (SSSR count). The Morgan fingerprint density at radius 1 is 1.57 bits per heavy atom. The van der Waals surface area contributed by atoms with E-state index in [0.29, 0.717) is 16.1 Å². The number of hydrogen-bond acceptors (Lipinski definition) is 2. The lowest BCUT2D eigenvalue weighted by Crippen LogP contribution is -2.06. The number of nitrogens with one attached hydrogen (secondary N) is 1. The SMILES string of the molecule is CCC1CC1Nc1ncc(Cl)cc1Cl. The van der Waals surface area contributed by atoms with Gasteiger partial charge in [0, 0.05) is 12.2 Å². The zero-order chi connectivity index (χ0) is 10.1. The predicted octanol–water partition coefficient (Wildman–Crippen LogP) is 3.60. The summed E-state index contributed by atoms with van der Waals surface area (Å²) >= 11 is 11.7. The Kier molecular flexibility index (Phi) is 2.84. The maximum absolute atomic E-state index is 5.98. The lowest BCUT2D eigenvalue weighted by atomic mass is 10.3. The van der Waals surface area contributed by atoms with Crippen LogP contribution in [0.5, 0.6) is 0 Å². The molecule has 0 amide bonds. The zero-order valence-electron chi connectivity index (χ0n) is 7.93. The van der Waals surface area contributed by atoms with E-state index in [1.54, 1.807) is 12.3 Å². The number of halogens is 2. The van der Waals surface area contributed by atoms with E-state index in [1.807, 2.05) is 0 Å². The number of nitrogens with zero attached hydrogens (tertiary/aromatic N) is 1. The van der Waals surface area contributed by atoms with Crippen LogP contribution in [0.2, 0.25) is 10.0 Å². The second kappa shape index (κ2) is 3.95. The molecular formula is C10H12Cl2N2. The summed E-state index contributed by atoms with van der Waals surface area (Å²) in [5.74, 6) is 1.53. The molecule has 0 bridgehead atoms. The van der Waals surface area contributed by atoms with Crippen molar-refractivity contribution in [2.75, 3.05) is 5.32 Å². The predicted molar refractivity (Wildman–Crippen MR) is 60.1 cm³/mol. The van der Waals surface area contributed by atoms with Crippen molar-refractivity contribution in [2.24, 2.45) is 5.92 Å². The van der Waals surface area contributed by atoms with Gasteiger partial charge in [0.05, 0.1) is 10.0 Å². The van der Waals surface area contributed by atoms with Crippen molar-refractivity contribution in [2.45, 2.75) is 25.8 Å². The molecule has 14 heavy (non-hydrogen) atoms. The third-order valence-electron chi connectivity index (χ3n) is 2.58. The third kappa shape index (κ3) is 2.12. The lowest BCUT2D eigenvalue weighted by molar-refractivity contribution is 0.773. The van der Waals surface area contributed by atoms with Crippen molar-refractivity contribution in [1.82, 2.24) is 4.98 Å². The molecule has 1 N–H and O–H groups in total. The first-order valence-electron chi connectivity index (χ1n) is 4.78. The van der Waals surface area contributed by atoms with Crippen LogP contribution in [0.3, 0.4) is 0 Å². The average molecular weight is 231 g/mol. The van der Waals surface area contributed by atoms with Gasteiger partial charge in [0.25, 0.3) is 0 Å². The summed E-state index contributed by atoms with van der Waals surface area (Å²) in [7, 11) is 0. The first kappa shape index (κ1) is 10.1. The van der Waals surface area contributed by atoms with Crippen LogP contribution in [0.1, 0.15) is 19.8 Å². The lowest BCUT2D eigenvalue weighted by Gasteiger charge is -2.06. The molecule has 2 unspecified atom stereocenters. The smallest absolute Gasteiger partial charge is 0.145 e. The van der Waals surface area contributed by atoms with Gasteiger partial charge in [0.1, 0.15) is 5.82 Å². The minimum atomic E-state index is 0.547. The van der Waals surface area contributed by atoms with E-state index in [4.69, 9.17) is 23.2 Å². The first-order valence-corrected chi connectivity index (χ1v) is 5.54. The quantitative estimate of drug-likeness (QED) is 0.859. The highest BCUT2D eigenvalue weighted by Gasteiger charge is 2.35. The second-order valence-corrected chi connectivity index (χ2v) is 4.48. The Morgan fingerprint density at radius 3 is 2.93 bits per heavy atom. The standard InChI is InChI=1S/C10H12Cl2N2/c1-2-6-3-9(6)14-10-8(12)4-7(11)5-13-10/h4-6,9H,2-3H2,1H3,(H,13,14). The summed E-state index contributed by atoms with van der Waals surface area (Å²) in [6, 6.07) is 2.26. The highest BCUT2D eigenvalue weighted by Crippen LogP contribution is 2.37. The van der Waals surface area contributed by atoms with Gasteiger partial charge in [0.2, 0.25) is 0 Å². The van der Waals surface area contributed by atoms with Crippen molar-refractivity contribution >= 4 is 29.0 Å². The van der Waals surface area contributed by atoms with E-state index < -0.39 is 0 Å². The molecule has 1 aliphatic rings. The highest BCUT2D eigenvalue weighted by atomic mass is 35.5. The van der Waals surface area contributed by atoms with Crippen molar-refractivity contribution < 1.29 is 0 Å². The second-order valence-electron chi connectivity index (χ2n) is 3.64. The van der Waals surface area contributed by atoms with E-state index in [-0.39, 0.29) is 0 Å². The average Bonchev–Trinajstić information content (AvgIpc) is 2.89. The van der Waals surface area contributed by atoms with Gasteiger partial charge in [-0.15, -0.1) is 0 Å². The van der Waals surface area contributed by atoms with E-state index in [2.05, 4.69) is 17.2 Å². The van der Waals surface area contributed by atoms with Crippen LogP contribution in [-0.4, -0.2) is 11.0 Å². The maximum Gasteiger partial charge on any atom is 0.145 e. The minimum absolute atomic E-state index is 0.547. The van der Waals surface area contributed by atoms with Crippen LogP contribution in [0.15, 0.2) is 12.3 Å². The molecule has 2 nitrogen and oxygen atoms in total. The van der Waals surface area contributed by atoms with Gasteiger partial charge in [-0.05, 0) is 18.4 Å². The molecule has 0 aliphatic heterocycles. The van der Waals surface area contributed by atoms with Gasteiger partial charge in [-0.25, -0.2) is 4.98 Å². The molecule has 4 heteroatoms. The minimum Gasteiger partial charge on any atom is -0.366 e. The van der Waals surface area contributed by atoms with Crippen molar-refractivity contribution in [3.8, 4) is 0 Å². The van der Waals surface area contributed by atoms with E-state index >= 15 is 0 Å². The Bertz CT molecular complexity index is 341. The van der Waals surface area contributed by atoms with Crippen molar-refractivity contribution in [3.63, 3.8) is 0 Å². The summed E-state index contributed by atoms with van der Waals surface area (Å²) < 4.78 is 0. The summed E-state index contributed by atoms with van der Waals surface area (Å²) in [5.41, 5.74) is 0. The summed E-state index contributed by atoms with van der Waals surface area (Å²) in [5, 5.41) is 4.48. The van der Waals surface area contributed by atoms with E-state index in [9.17, 15) is 0 Å². The van der Waals surface area contributed by atoms with Crippen LogP contribution in [0, 0.1) is 5.92 Å². The van der Waals surface area contributed by atoms with Gasteiger partial charge >= 0.3 is 0 Å². The number of rotatable bonds is 3. The monoisotopic (exact) mass is 230 g/mol. The fraction of sp³-hybridized carbons (Fsp3) is 0.500. The molecule has 0 spiro atoms. The van der Waals surface area contributed by atoms with Gasteiger partial charge in [-0.3, -0.25) is 0 Å². The third-order valence-corrected chi connectivity index (χ3v) is 3.07. The summed E-state index contributed by atoms with van der Waals surface area (Å²) in [4.78, 5) is 4.15. The Morgan fingerprint density at radius 2 is 2.36 bits per heavy atom. The zero-order valence-corrected chi connectivity index (χ0v) is 9.44. The van der Waals surface area contributed by atoms with Crippen molar-refractivity contribution in [3.05, 3.63) is 22.3 Å². The summed E-state index contributed by atoms with van der Waals surface area (Å²) in [6.07, 6.45) is 4.04. The molecule has 2 atom stereocenters. The molecule has 0 radical (unpaired) electrons. The molecular weight excluding hydrogens is 219 g/mol. The largest absolute Gasteiger partial charge is 0.366 e. The molecule has 1 aromatic rings. The van der Waals surface area contributed by atoms with Gasteiger partial charge in [-0.2, -0.15) is 0 Å². The Hall–Kier alpha value is -0.470. The maximum atomic E-state index is 5.98. The molecule has 1 aliphatic carbocycles. The highest BCUT2D eigenvalue weighted by molar-refractivity contribution is 6.35. The number of anilines is 1. The molecule has 1 fully saturated rings. The number of hydrogen-bond donors (Lipinski definition) is 1. The Balaban J connectivity index is 2.03. The Labute approximate surface area is 93.6 Å². The molecule has 1 saturated carbocycles. The van der Waals surface area contributed by atoms with Crippen LogP contribution in [0.4, 0.5) is 5.82 Å². The molecule has 1 heterocycles. The topological polar surface area (TPSA) is 24.9 Å². The van der Waals surface area contributed by atoms with E-state index in [0.717, 1.165) is 11.7 Å². The number of aromatic nitrogens is 1. The molecule has 1 aromatic heterocycles. The first-order chi connectivity index (χ1) is 6.70. The molecule has 0 saturated heterocycles. The van der Waals surface area contributed by atoms with E-state index in [1.165, 1.54) is 12.8 Å². The van der Waals surface area contributed by atoms with Gasteiger partial charge in [0.15, 0.2) is 0 Å². The van der Waals surface area contributed by atoms with Crippen LogP contribution < -0.4 is 5.32 Å². The molecule has 76 valence electrons.